The topological polar surface area (TPSA) is 27.8 Å². The average Bonchev–Trinajstić information content (AvgIpc) is 3.14. The Bertz CT molecular complexity index is 832. The minimum atomic E-state index is 0.743. The number of anilines is 1. The van der Waals surface area contributed by atoms with Crippen molar-refractivity contribution in [3.8, 4) is 11.3 Å². The number of hydrogen-bond donors (Lipinski definition) is 2. The number of fused-ring (bicyclic) bond motifs is 1. The zero-order valence-corrected chi connectivity index (χ0v) is 17.1. The van der Waals surface area contributed by atoms with E-state index in [0.29, 0.717) is 0 Å². The molecule has 0 saturated heterocycles. The predicted molar refractivity (Wildman–Crippen MR) is 120 cm³/mol. The van der Waals surface area contributed by atoms with Crippen molar-refractivity contribution in [1.82, 2.24) is 4.98 Å². The van der Waals surface area contributed by atoms with Gasteiger partial charge in [0.2, 0.25) is 0 Å². The summed E-state index contributed by atoms with van der Waals surface area (Å²) in [6.45, 7) is 7.90. The largest absolute Gasteiger partial charge is 0.383 e. The number of aromatic amines is 1. The molecular formula is C25H34N2. The van der Waals surface area contributed by atoms with Crippen LogP contribution < -0.4 is 5.32 Å². The molecule has 2 N–H and O–H groups in total. The van der Waals surface area contributed by atoms with Crippen LogP contribution >= 0.6 is 0 Å². The molecule has 0 fully saturated rings. The first-order valence-electron chi connectivity index (χ1n) is 10.7. The molecule has 0 radical (unpaired) electrons. The third kappa shape index (κ3) is 4.94. The summed E-state index contributed by atoms with van der Waals surface area (Å²) in [7, 11) is 0. The Morgan fingerprint density at radius 2 is 1.78 bits per heavy atom. The van der Waals surface area contributed by atoms with Gasteiger partial charge in [-0.2, -0.15) is 0 Å². The van der Waals surface area contributed by atoms with Gasteiger partial charge in [-0.1, -0.05) is 70.4 Å². The van der Waals surface area contributed by atoms with Gasteiger partial charge in [-0.25, -0.2) is 0 Å². The van der Waals surface area contributed by atoms with E-state index in [1.165, 1.54) is 65.5 Å². The Labute approximate surface area is 164 Å². The van der Waals surface area contributed by atoms with Crippen molar-refractivity contribution in [1.29, 1.82) is 0 Å². The van der Waals surface area contributed by atoms with Crippen LogP contribution in [0.15, 0.2) is 48.5 Å². The quantitative estimate of drug-likeness (QED) is 0.386. The fourth-order valence-corrected chi connectivity index (χ4v) is 3.86. The molecule has 0 aliphatic rings. The maximum atomic E-state index is 3.77. The second kappa shape index (κ2) is 9.64. The number of unbranched alkanes of at least 4 members (excludes halogenated alkanes) is 1. The lowest BCUT2D eigenvalue weighted by Crippen LogP contribution is -2.13. The van der Waals surface area contributed by atoms with Crippen LogP contribution in [-0.2, 0) is 6.42 Å². The van der Waals surface area contributed by atoms with Gasteiger partial charge in [0, 0.05) is 17.6 Å². The molecule has 3 rings (SSSR count). The molecule has 3 aromatic rings. The molecule has 2 aromatic carbocycles. The standard InChI is InChI=1S/C25H34N2/c1-4-7-12-20-15-22-17-23(21-13-9-8-10-14-21)27-25(22)24(16-20)26-18-19(6-3)11-5-2/h8-10,13-17,19,26-27H,4-7,11-12,18H2,1-3H3. The molecule has 1 atom stereocenters. The van der Waals surface area contributed by atoms with Crippen molar-refractivity contribution in [3.63, 3.8) is 0 Å². The van der Waals surface area contributed by atoms with Crippen LogP contribution in [0.2, 0.25) is 0 Å². The summed E-state index contributed by atoms with van der Waals surface area (Å²) in [6.07, 6.45) is 7.42. The Morgan fingerprint density at radius 3 is 2.48 bits per heavy atom. The zero-order chi connectivity index (χ0) is 19.1. The van der Waals surface area contributed by atoms with Crippen LogP contribution in [0.3, 0.4) is 0 Å². The number of benzene rings is 2. The first-order valence-corrected chi connectivity index (χ1v) is 10.7. The van der Waals surface area contributed by atoms with Gasteiger partial charge in [0.05, 0.1) is 11.2 Å². The lowest BCUT2D eigenvalue weighted by atomic mass is 10.00. The number of H-pyrrole nitrogens is 1. The van der Waals surface area contributed by atoms with Crippen LogP contribution in [0, 0.1) is 5.92 Å². The van der Waals surface area contributed by atoms with Crippen LogP contribution in [-0.4, -0.2) is 11.5 Å². The Hall–Kier alpha value is -2.22. The second-order valence-corrected chi connectivity index (χ2v) is 7.70. The number of hydrogen-bond acceptors (Lipinski definition) is 1. The van der Waals surface area contributed by atoms with Gasteiger partial charge >= 0.3 is 0 Å². The highest BCUT2D eigenvalue weighted by atomic mass is 14.9. The van der Waals surface area contributed by atoms with Gasteiger partial charge < -0.3 is 10.3 Å². The number of rotatable bonds is 10. The van der Waals surface area contributed by atoms with Crippen molar-refractivity contribution in [2.45, 2.75) is 59.3 Å². The van der Waals surface area contributed by atoms with Crippen molar-refractivity contribution in [2.24, 2.45) is 5.92 Å². The molecule has 1 unspecified atom stereocenters. The molecular weight excluding hydrogens is 328 g/mol. The van der Waals surface area contributed by atoms with E-state index in [0.717, 1.165) is 18.9 Å². The van der Waals surface area contributed by atoms with E-state index in [1.807, 2.05) is 0 Å². The van der Waals surface area contributed by atoms with Crippen molar-refractivity contribution < 1.29 is 0 Å². The van der Waals surface area contributed by atoms with Gasteiger partial charge in [0.25, 0.3) is 0 Å². The lowest BCUT2D eigenvalue weighted by molar-refractivity contribution is 0.488. The van der Waals surface area contributed by atoms with Gasteiger partial charge in [-0.05, 0) is 54.5 Å². The molecule has 0 aliphatic carbocycles. The fraction of sp³-hybridized carbons (Fsp3) is 0.440. The Kier molecular flexibility index (Phi) is 6.98. The molecule has 144 valence electrons. The minimum Gasteiger partial charge on any atom is -0.383 e. The van der Waals surface area contributed by atoms with Crippen molar-refractivity contribution >= 4 is 16.6 Å². The third-order valence-corrected chi connectivity index (χ3v) is 5.55. The molecule has 1 heterocycles. The molecule has 0 amide bonds. The van der Waals surface area contributed by atoms with Crippen molar-refractivity contribution in [2.75, 3.05) is 11.9 Å². The second-order valence-electron chi connectivity index (χ2n) is 7.70. The maximum Gasteiger partial charge on any atom is 0.0694 e. The summed E-state index contributed by atoms with van der Waals surface area (Å²) in [5.41, 5.74) is 6.37. The number of aryl methyl sites for hydroxylation is 1. The van der Waals surface area contributed by atoms with Gasteiger partial charge in [-0.15, -0.1) is 0 Å². The minimum absolute atomic E-state index is 0.743. The molecule has 0 aliphatic heterocycles. The van der Waals surface area contributed by atoms with Gasteiger partial charge in [-0.3, -0.25) is 0 Å². The highest BCUT2D eigenvalue weighted by Gasteiger charge is 2.11. The highest BCUT2D eigenvalue weighted by Crippen LogP contribution is 2.31. The summed E-state index contributed by atoms with van der Waals surface area (Å²) < 4.78 is 0. The SMILES string of the molecule is CCCCc1cc(NCC(CC)CCC)c2[nH]c(-c3ccccc3)cc2c1. The first kappa shape index (κ1) is 19.5. The van der Waals surface area contributed by atoms with Crippen LogP contribution in [0.25, 0.3) is 22.2 Å². The smallest absolute Gasteiger partial charge is 0.0694 e. The fourth-order valence-electron chi connectivity index (χ4n) is 3.86. The van der Waals surface area contributed by atoms with Gasteiger partial charge in [0.1, 0.15) is 0 Å². The van der Waals surface area contributed by atoms with Crippen molar-refractivity contribution in [3.05, 3.63) is 54.1 Å². The summed E-state index contributed by atoms with van der Waals surface area (Å²) in [5, 5.41) is 5.09. The van der Waals surface area contributed by atoms with E-state index in [9.17, 15) is 0 Å². The number of nitrogens with one attached hydrogen (secondary N) is 2. The summed E-state index contributed by atoms with van der Waals surface area (Å²) in [5.74, 6) is 0.743. The Morgan fingerprint density at radius 1 is 0.963 bits per heavy atom. The van der Waals surface area contributed by atoms with E-state index >= 15 is 0 Å². The highest BCUT2D eigenvalue weighted by molar-refractivity contribution is 5.95. The van der Waals surface area contributed by atoms with E-state index in [-0.39, 0.29) is 0 Å². The zero-order valence-electron chi connectivity index (χ0n) is 17.1. The molecule has 2 nitrogen and oxygen atoms in total. The molecule has 1 aromatic heterocycles. The monoisotopic (exact) mass is 362 g/mol. The molecule has 27 heavy (non-hydrogen) atoms. The molecule has 2 heteroatoms. The normalized spacial score (nSPS) is 12.4. The maximum absolute atomic E-state index is 3.77. The Balaban J connectivity index is 1.94. The van der Waals surface area contributed by atoms with Crippen LogP contribution in [0.1, 0.15) is 58.4 Å². The third-order valence-electron chi connectivity index (χ3n) is 5.55. The van der Waals surface area contributed by atoms with E-state index < -0.39 is 0 Å². The number of aromatic nitrogens is 1. The van der Waals surface area contributed by atoms with E-state index in [2.05, 4.69) is 79.6 Å². The summed E-state index contributed by atoms with van der Waals surface area (Å²) in [4.78, 5) is 3.68. The molecule has 0 bridgehead atoms. The van der Waals surface area contributed by atoms with E-state index in [4.69, 9.17) is 0 Å². The van der Waals surface area contributed by atoms with Crippen LogP contribution in [0.5, 0.6) is 0 Å². The molecule has 0 spiro atoms. The average molecular weight is 363 g/mol. The van der Waals surface area contributed by atoms with Crippen LogP contribution in [0.4, 0.5) is 5.69 Å². The summed E-state index contributed by atoms with van der Waals surface area (Å²) in [6, 6.07) is 17.6. The first-order chi connectivity index (χ1) is 13.2. The molecule has 0 saturated carbocycles. The summed E-state index contributed by atoms with van der Waals surface area (Å²) >= 11 is 0. The lowest BCUT2D eigenvalue weighted by Gasteiger charge is -2.17. The van der Waals surface area contributed by atoms with Gasteiger partial charge in [0.15, 0.2) is 0 Å². The predicted octanol–water partition coefficient (Wildman–Crippen LogP) is 7.42. The van der Waals surface area contributed by atoms with E-state index in [1.54, 1.807) is 0 Å².